The monoisotopic (exact) mass is 508 g/mol. The van der Waals surface area contributed by atoms with Crippen LogP contribution in [0, 0.1) is 12.5 Å². The van der Waals surface area contributed by atoms with Crippen LogP contribution in [0.2, 0.25) is 0 Å². The zero-order chi connectivity index (χ0) is 25.5. The first-order chi connectivity index (χ1) is 17.3. The zero-order valence-electron chi connectivity index (χ0n) is 20.5. The fraction of sp³-hybridized carbons (Fsp3) is 0.783. The second-order valence-corrected chi connectivity index (χ2v) is 6.29. The molecule has 0 unspecified atom stereocenters. The Hall–Kier alpha value is -1.79. The Bertz CT molecular complexity index is 497. The normalized spacial score (nSPS) is 10.7. The summed E-state index contributed by atoms with van der Waals surface area (Å²) in [5.74, 6) is -0.461. The maximum atomic E-state index is 10.8. The first-order valence-electron chi connectivity index (χ1n) is 11.5. The van der Waals surface area contributed by atoms with Crippen LogP contribution < -0.4 is 0 Å². The summed E-state index contributed by atoms with van der Waals surface area (Å²) >= 11 is 0. The Labute approximate surface area is 207 Å². The summed E-state index contributed by atoms with van der Waals surface area (Å²) in [6, 6.07) is 0. The Morgan fingerprint density at radius 1 is 0.543 bits per heavy atom. The van der Waals surface area contributed by atoms with E-state index in [1.165, 1.54) is 0 Å². The van der Waals surface area contributed by atoms with Gasteiger partial charge < -0.3 is 42.6 Å². The second kappa shape index (κ2) is 30.2. The molecule has 0 N–H and O–H groups in total. The summed E-state index contributed by atoms with van der Waals surface area (Å²) in [7, 11) is 0. The van der Waals surface area contributed by atoms with Gasteiger partial charge in [0.1, 0.15) is 13.2 Å². The third-order valence-corrected chi connectivity index (χ3v) is 3.66. The summed E-state index contributed by atoms with van der Waals surface area (Å²) in [5.41, 5.74) is 0. The molecule has 204 valence electrons. The third kappa shape index (κ3) is 30.2. The number of carbonyl (C=O) groups excluding carboxylic acids is 1. The number of hydrogen-bond acceptors (Lipinski definition) is 12. The molecule has 12 heteroatoms. The van der Waals surface area contributed by atoms with Gasteiger partial charge in [0.2, 0.25) is 0 Å². The highest BCUT2D eigenvalue weighted by molar-refractivity contribution is 5.81. The topological polar surface area (TPSA) is 119 Å². The minimum absolute atomic E-state index is 0.198. The first-order valence-corrected chi connectivity index (χ1v) is 11.5. The van der Waals surface area contributed by atoms with Gasteiger partial charge in [-0.1, -0.05) is 13.0 Å². The molecule has 0 radical (unpaired) electrons. The van der Waals surface area contributed by atoms with Gasteiger partial charge in [0, 0.05) is 6.08 Å². The number of ether oxygens (including phenoxy) is 9. The minimum atomic E-state index is -0.461. The van der Waals surface area contributed by atoms with Gasteiger partial charge in [0.15, 0.2) is 6.11 Å². The van der Waals surface area contributed by atoms with E-state index in [0.717, 1.165) is 6.08 Å². The summed E-state index contributed by atoms with van der Waals surface area (Å²) in [6.07, 6.45) is 7.84. The van der Waals surface area contributed by atoms with Crippen LogP contribution >= 0.6 is 0 Å². The van der Waals surface area contributed by atoms with Crippen LogP contribution in [0.1, 0.15) is 0 Å². The van der Waals surface area contributed by atoms with Gasteiger partial charge in [-0.2, -0.15) is 4.89 Å². The lowest BCUT2D eigenvalue weighted by Gasteiger charge is -2.08. The van der Waals surface area contributed by atoms with Gasteiger partial charge in [-0.25, -0.2) is 4.79 Å². The van der Waals surface area contributed by atoms with Crippen LogP contribution in [0.15, 0.2) is 12.7 Å². The molecule has 0 rings (SSSR count). The molecular weight excluding hydrogens is 468 g/mol. The molecule has 0 bridgehead atoms. The van der Waals surface area contributed by atoms with E-state index in [2.05, 4.69) is 16.4 Å². The average molecular weight is 509 g/mol. The number of hydrogen-bond donors (Lipinski definition) is 0. The van der Waals surface area contributed by atoms with Crippen LogP contribution in [0.5, 0.6) is 0 Å². The van der Waals surface area contributed by atoms with Gasteiger partial charge >= 0.3 is 5.97 Å². The first kappa shape index (κ1) is 33.2. The quantitative estimate of drug-likeness (QED) is 0.0347. The van der Waals surface area contributed by atoms with E-state index in [0.29, 0.717) is 106 Å². The molecule has 12 nitrogen and oxygen atoms in total. The summed E-state index contributed by atoms with van der Waals surface area (Å²) in [5, 5.41) is 0. The van der Waals surface area contributed by atoms with Crippen LogP contribution in [-0.2, 0) is 57.2 Å². The summed E-state index contributed by atoms with van der Waals surface area (Å²) in [4.78, 5) is 19.6. The highest BCUT2D eigenvalue weighted by atomic mass is 17.2. The van der Waals surface area contributed by atoms with Gasteiger partial charge in [-0.15, -0.1) is 0 Å². The lowest BCUT2D eigenvalue weighted by molar-refractivity contribution is -0.243. The molecule has 0 aromatic carbocycles. The zero-order valence-corrected chi connectivity index (χ0v) is 20.5. The molecule has 0 atom stereocenters. The van der Waals surface area contributed by atoms with Crippen molar-refractivity contribution in [2.24, 2.45) is 0 Å². The highest BCUT2D eigenvalue weighted by Crippen LogP contribution is 1.87. The van der Waals surface area contributed by atoms with Crippen molar-refractivity contribution in [2.75, 3.05) is 119 Å². The van der Waals surface area contributed by atoms with E-state index in [1.807, 2.05) is 6.11 Å². The smallest absolute Gasteiger partial charge is 0.330 e. The molecule has 0 saturated heterocycles. The van der Waals surface area contributed by atoms with E-state index in [9.17, 15) is 4.79 Å². The molecule has 0 aromatic rings. The van der Waals surface area contributed by atoms with Crippen molar-refractivity contribution in [3.05, 3.63) is 12.7 Å². The molecule has 0 aromatic heterocycles. The Kier molecular flexibility index (Phi) is 28.7. The van der Waals surface area contributed by atoms with E-state index >= 15 is 0 Å². The molecular formula is C23H40O12. The SMILES string of the molecule is C#COOCCOCCOCCOCCOCCOCCOCCOCCOCCOC(=O)C=C. The molecule has 0 fully saturated rings. The third-order valence-electron chi connectivity index (χ3n) is 3.66. The average Bonchev–Trinajstić information content (AvgIpc) is 2.87. The number of rotatable bonds is 29. The van der Waals surface area contributed by atoms with E-state index in [1.54, 1.807) is 0 Å². The minimum Gasteiger partial charge on any atom is -0.460 e. The largest absolute Gasteiger partial charge is 0.460 e. The Morgan fingerprint density at radius 3 is 1.11 bits per heavy atom. The van der Waals surface area contributed by atoms with Crippen LogP contribution in [0.25, 0.3) is 0 Å². The second-order valence-electron chi connectivity index (χ2n) is 6.29. The number of esters is 1. The Morgan fingerprint density at radius 2 is 0.829 bits per heavy atom. The fourth-order valence-corrected chi connectivity index (χ4v) is 2.07. The van der Waals surface area contributed by atoms with Crippen molar-refractivity contribution in [1.29, 1.82) is 0 Å². The molecule has 35 heavy (non-hydrogen) atoms. The van der Waals surface area contributed by atoms with Crippen LogP contribution in [0.4, 0.5) is 0 Å². The van der Waals surface area contributed by atoms with E-state index in [4.69, 9.17) is 49.1 Å². The molecule has 0 spiro atoms. The van der Waals surface area contributed by atoms with Crippen molar-refractivity contribution in [1.82, 2.24) is 0 Å². The lowest BCUT2D eigenvalue weighted by atomic mass is 10.6. The lowest BCUT2D eigenvalue weighted by Crippen LogP contribution is -2.15. The van der Waals surface area contributed by atoms with Crippen molar-refractivity contribution in [3.63, 3.8) is 0 Å². The van der Waals surface area contributed by atoms with Crippen molar-refractivity contribution >= 4 is 5.97 Å². The fourth-order valence-electron chi connectivity index (χ4n) is 2.07. The molecule has 0 saturated carbocycles. The predicted octanol–water partition coefficient (Wildman–Crippen LogP) is 0.387. The number of terminal acetylenes is 1. The van der Waals surface area contributed by atoms with Crippen molar-refractivity contribution < 1.29 is 57.2 Å². The van der Waals surface area contributed by atoms with E-state index < -0.39 is 5.97 Å². The highest BCUT2D eigenvalue weighted by Gasteiger charge is 1.97. The van der Waals surface area contributed by atoms with E-state index in [-0.39, 0.29) is 13.2 Å². The van der Waals surface area contributed by atoms with Gasteiger partial charge in [0.25, 0.3) is 0 Å². The molecule has 0 aliphatic rings. The molecule has 0 aliphatic carbocycles. The predicted molar refractivity (Wildman–Crippen MR) is 124 cm³/mol. The molecule has 0 heterocycles. The van der Waals surface area contributed by atoms with Crippen LogP contribution in [-0.4, -0.2) is 125 Å². The van der Waals surface area contributed by atoms with Gasteiger partial charge in [0.05, 0.1) is 106 Å². The Balaban J connectivity index is 3.04. The van der Waals surface area contributed by atoms with Gasteiger partial charge in [-0.05, 0) is 0 Å². The maximum absolute atomic E-state index is 10.8. The van der Waals surface area contributed by atoms with Crippen molar-refractivity contribution in [2.45, 2.75) is 0 Å². The molecule has 0 amide bonds. The summed E-state index contributed by atoms with van der Waals surface area (Å²) in [6.45, 7) is 11.1. The summed E-state index contributed by atoms with van der Waals surface area (Å²) < 4.78 is 47.6. The number of carbonyl (C=O) groups is 1. The van der Waals surface area contributed by atoms with Crippen molar-refractivity contribution in [3.8, 4) is 12.5 Å². The van der Waals surface area contributed by atoms with Gasteiger partial charge in [-0.3, -0.25) is 4.89 Å². The molecule has 0 aliphatic heterocycles. The van der Waals surface area contributed by atoms with Crippen LogP contribution in [0.3, 0.4) is 0 Å². The standard InChI is InChI=1S/C23H40O12/c1-3-23(24)33-21-19-31-17-15-29-13-11-27-9-7-25-5-6-26-8-10-28-12-14-30-16-18-32-20-22-35-34-4-2/h2-3H,1,5-22H2. The maximum Gasteiger partial charge on any atom is 0.330 e.